The number of hydrogen-bond donors (Lipinski definition) is 0. The Morgan fingerprint density at radius 3 is 2.15 bits per heavy atom. The molecule has 2 rings (SSSR count). The van der Waals surface area contributed by atoms with Crippen molar-refractivity contribution in [3.63, 3.8) is 0 Å². The van der Waals surface area contributed by atoms with Gasteiger partial charge in [-0.05, 0) is 29.5 Å². The summed E-state index contributed by atoms with van der Waals surface area (Å²) >= 11 is 5.62. The van der Waals surface area contributed by atoms with Gasteiger partial charge in [0, 0.05) is 28.2 Å². The lowest BCUT2D eigenvalue weighted by Crippen LogP contribution is -2.01. The van der Waals surface area contributed by atoms with Crippen molar-refractivity contribution in [2.75, 3.05) is 11.6 Å². The van der Waals surface area contributed by atoms with Crippen LogP contribution in [-0.4, -0.2) is 15.8 Å². The highest BCUT2D eigenvalue weighted by molar-refractivity contribution is 7.84. The standard InChI is InChI=1S/C17H19ClOS/c18-12-4-5-13-20(19)14-15-8-10-17(11-9-15)16-6-2-1-3-7-16/h1-3,6-11H,4-5,12-14H2. The van der Waals surface area contributed by atoms with Gasteiger partial charge in [0.15, 0.2) is 0 Å². The SMILES string of the molecule is O=S(CCCCCl)Cc1ccc(-c2ccccc2)cc1. The van der Waals surface area contributed by atoms with E-state index >= 15 is 0 Å². The van der Waals surface area contributed by atoms with Crippen LogP contribution in [0, 0.1) is 0 Å². The van der Waals surface area contributed by atoms with Crippen LogP contribution in [0.2, 0.25) is 0 Å². The summed E-state index contributed by atoms with van der Waals surface area (Å²) in [6.45, 7) is 0. The molecule has 3 heteroatoms. The maximum absolute atomic E-state index is 11.9. The van der Waals surface area contributed by atoms with Gasteiger partial charge >= 0.3 is 0 Å². The van der Waals surface area contributed by atoms with Gasteiger partial charge in [0.2, 0.25) is 0 Å². The Morgan fingerprint density at radius 2 is 1.50 bits per heavy atom. The summed E-state index contributed by atoms with van der Waals surface area (Å²) in [7, 11) is -0.782. The van der Waals surface area contributed by atoms with Gasteiger partial charge in [-0.3, -0.25) is 4.21 Å². The van der Waals surface area contributed by atoms with Gasteiger partial charge in [0.1, 0.15) is 0 Å². The summed E-state index contributed by atoms with van der Waals surface area (Å²) in [5.41, 5.74) is 3.54. The molecule has 2 aromatic carbocycles. The first-order valence-corrected chi connectivity index (χ1v) is 8.87. The zero-order valence-electron chi connectivity index (χ0n) is 11.4. The molecule has 0 aromatic heterocycles. The smallest absolute Gasteiger partial charge is 0.0485 e. The van der Waals surface area contributed by atoms with E-state index in [1.54, 1.807) is 0 Å². The lowest BCUT2D eigenvalue weighted by molar-refractivity contribution is 0.679. The maximum atomic E-state index is 11.9. The summed E-state index contributed by atoms with van der Waals surface area (Å²) in [5.74, 6) is 2.04. The molecule has 0 heterocycles. The highest BCUT2D eigenvalue weighted by Gasteiger charge is 2.03. The van der Waals surface area contributed by atoms with E-state index in [0.29, 0.717) is 11.6 Å². The zero-order valence-corrected chi connectivity index (χ0v) is 13.0. The predicted octanol–water partition coefficient (Wildman–Crippen LogP) is 4.62. The van der Waals surface area contributed by atoms with Gasteiger partial charge in [-0.25, -0.2) is 0 Å². The van der Waals surface area contributed by atoms with E-state index in [1.165, 1.54) is 11.1 Å². The monoisotopic (exact) mass is 306 g/mol. The van der Waals surface area contributed by atoms with Gasteiger partial charge < -0.3 is 0 Å². The Labute approximate surface area is 128 Å². The quantitative estimate of drug-likeness (QED) is 0.539. The third-order valence-corrected chi connectivity index (χ3v) is 4.81. The van der Waals surface area contributed by atoms with Crippen molar-refractivity contribution >= 4 is 22.4 Å². The van der Waals surface area contributed by atoms with E-state index in [-0.39, 0.29) is 0 Å². The topological polar surface area (TPSA) is 17.1 Å². The molecule has 0 N–H and O–H groups in total. The van der Waals surface area contributed by atoms with Crippen LogP contribution in [0.5, 0.6) is 0 Å². The number of unbranched alkanes of at least 4 members (excludes halogenated alkanes) is 1. The van der Waals surface area contributed by atoms with Gasteiger partial charge in [0.05, 0.1) is 0 Å². The minimum atomic E-state index is -0.782. The third kappa shape index (κ3) is 4.77. The minimum Gasteiger partial charge on any atom is -0.259 e. The Bertz CT molecular complexity index is 537. The number of halogens is 1. The molecule has 1 atom stereocenters. The van der Waals surface area contributed by atoms with Gasteiger partial charge in [-0.2, -0.15) is 0 Å². The highest BCUT2D eigenvalue weighted by Crippen LogP contribution is 2.19. The number of rotatable bonds is 7. The van der Waals surface area contributed by atoms with Gasteiger partial charge in [-0.1, -0.05) is 54.6 Å². The Hall–Kier alpha value is -1.12. The van der Waals surface area contributed by atoms with Crippen LogP contribution in [0.25, 0.3) is 11.1 Å². The van der Waals surface area contributed by atoms with Crippen molar-refractivity contribution < 1.29 is 4.21 Å². The van der Waals surface area contributed by atoms with E-state index in [2.05, 4.69) is 36.4 Å². The molecule has 0 fully saturated rings. The Morgan fingerprint density at radius 1 is 0.850 bits per heavy atom. The third-order valence-electron chi connectivity index (χ3n) is 3.14. The molecule has 0 aliphatic heterocycles. The highest BCUT2D eigenvalue weighted by atomic mass is 35.5. The van der Waals surface area contributed by atoms with Crippen LogP contribution in [0.4, 0.5) is 0 Å². The van der Waals surface area contributed by atoms with Crippen molar-refractivity contribution in [3.8, 4) is 11.1 Å². The predicted molar refractivity (Wildman–Crippen MR) is 88.5 cm³/mol. The van der Waals surface area contributed by atoms with E-state index in [9.17, 15) is 4.21 Å². The minimum absolute atomic E-state index is 0.636. The van der Waals surface area contributed by atoms with E-state index in [4.69, 9.17) is 11.6 Å². The molecule has 1 nitrogen and oxygen atoms in total. The van der Waals surface area contributed by atoms with Crippen LogP contribution < -0.4 is 0 Å². The van der Waals surface area contributed by atoms with Crippen molar-refractivity contribution in [1.29, 1.82) is 0 Å². The second-order valence-corrected chi connectivity index (χ2v) is 6.70. The Balaban J connectivity index is 1.93. The number of alkyl halides is 1. The fraction of sp³-hybridized carbons (Fsp3) is 0.294. The lowest BCUT2D eigenvalue weighted by Gasteiger charge is -2.05. The molecule has 0 saturated heterocycles. The fourth-order valence-electron chi connectivity index (χ4n) is 2.04. The lowest BCUT2D eigenvalue weighted by atomic mass is 10.0. The molecule has 0 spiro atoms. The van der Waals surface area contributed by atoms with Crippen LogP contribution >= 0.6 is 11.6 Å². The van der Waals surface area contributed by atoms with Gasteiger partial charge in [-0.15, -0.1) is 11.6 Å². The first-order valence-electron chi connectivity index (χ1n) is 6.85. The van der Waals surface area contributed by atoms with Crippen LogP contribution in [0.15, 0.2) is 54.6 Å². The van der Waals surface area contributed by atoms with Crippen molar-refractivity contribution in [2.45, 2.75) is 18.6 Å². The van der Waals surface area contributed by atoms with Crippen molar-refractivity contribution in [3.05, 3.63) is 60.2 Å². The zero-order chi connectivity index (χ0) is 14.2. The molecule has 0 bridgehead atoms. The van der Waals surface area contributed by atoms with Crippen molar-refractivity contribution in [1.82, 2.24) is 0 Å². The fourth-order valence-corrected chi connectivity index (χ4v) is 3.46. The molecule has 20 heavy (non-hydrogen) atoms. The maximum Gasteiger partial charge on any atom is 0.0485 e. The van der Waals surface area contributed by atoms with Crippen LogP contribution in [0.3, 0.4) is 0 Å². The first-order chi connectivity index (χ1) is 9.79. The normalized spacial score (nSPS) is 12.2. The second kappa shape index (κ2) is 8.23. The molecule has 2 aromatic rings. The molecule has 0 amide bonds. The molecule has 0 radical (unpaired) electrons. The summed E-state index contributed by atoms with van der Waals surface area (Å²) in [6, 6.07) is 18.6. The molecular weight excluding hydrogens is 288 g/mol. The van der Waals surface area contributed by atoms with Crippen LogP contribution in [0.1, 0.15) is 18.4 Å². The van der Waals surface area contributed by atoms with Crippen molar-refractivity contribution in [2.24, 2.45) is 0 Å². The van der Waals surface area contributed by atoms with E-state index < -0.39 is 10.8 Å². The number of benzene rings is 2. The van der Waals surface area contributed by atoms with E-state index in [1.807, 2.05) is 18.2 Å². The summed E-state index contributed by atoms with van der Waals surface area (Å²) in [5, 5.41) is 0. The molecular formula is C17H19ClOS. The van der Waals surface area contributed by atoms with Gasteiger partial charge in [0.25, 0.3) is 0 Å². The second-order valence-electron chi connectivity index (χ2n) is 4.75. The first kappa shape index (κ1) is 15.3. The summed E-state index contributed by atoms with van der Waals surface area (Å²) < 4.78 is 11.9. The van der Waals surface area contributed by atoms with Crippen LogP contribution in [-0.2, 0) is 16.6 Å². The largest absolute Gasteiger partial charge is 0.259 e. The Kier molecular flexibility index (Phi) is 6.28. The molecule has 0 aliphatic rings. The van der Waals surface area contributed by atoms with E-state index in [0.717, 1.165) is 24.2 Å². The average molecular weight is 307 g/mol. The molecule has 106 valence electrons. The molecule has 0 saturated carbocycles. The molecule has 0 aliphatic carbocycles. The molecule has 1 unspecified atom stereocenters. The summed E-state index contributed by atoms with van der Waals surface area (Å²) in [6.07, 6.45) is 1.89. The number of hydrogen-bond acceptors (Lipinski definition) is 1. The average Bonchev–Trinajstić information content (AvgIpc) is 2.49. The summed E-state index contributed by atoms with van der Waals surface area (Å²) in [4.78, 5) is 0.